The maximum absolute atomic E-state index is 3.29. The van der Waals surface area contributed by atoms with Crippen molar-refractivity contribution >= 4 is 6.08 Å². The molecule has 0 amide bonds. The standard InChI is InChI=1S/C12H17N/c1-12(2,3)13-10-9-11-7-5-4-6-8-11/h4-10,13H,1-3H3/b10-9+. The van der Waals surface area contributed by atoms with Crippen molar-refractivity contribution in [3.8, 4) is 0 Å². The molecule has 0 aliphatic rings. The van der Waals surface area contributed by atoms with Gasteiger partial charge in [-0.1, -0.05) is 30.3 Å². The molecule has 1 rings (SSSR count). The van der Waals surface area contributed by atoms with Crippen LogP contribution in [0.2, 0.25) is 0 Å². The molecule has 0 fully saturated rings. The molecule has 70 valence electrons. The number of nitrogens with one attached hydrogen (secondary N) is 1. The lowest BCUT2D eigenvalue weighted by atomic mass is 10.1. The van der Waals surface area contributed by atoms with Gasteiger partial charge in [0.15, 0.2) is 0 Å². The van der Waals surface area contributed by atoms with Gasteiger partial charge >= 0.3 is 0 Å². The van der Waals surface area contributed by atoms with E-state index in [1.54, 1.807) is 0 Å². The third-order valence-electron chi connectivity index (χ3n) is 1.59. The second-order valence-corrected chi connectivity index (χ2v) is 4.14. The Morgan fingerprint density at radius 1 is 1.08 bits per heavy atom. The van der Waals surface area contributed by atoms with E-state index < -0.39 is 0 Å². The first kappa shape index (κ1) is 9.85. The molecule has 1 aromatic carbocycles. The maximum atomic E-state index is 3.29. The topological polar surface area (TPSA) is 12.0 Å². The Kier molecular flexibility index (Phi) is 3.13. The highest BCUT2D eigenvalue weighted by molar-refractivity contribution is 5.48. The van der Waals surface area contributed by atoms with Gasteiger partial charge in [-0.05, 0) is 38.6 Å². The molecule has 0 unspecified atom stereocenters. The quantitative estimate of drug-likeness (QED) is 0.728. The van der Waals surface area contributed by atoms with Gasteiger partial charge in [-0.25, -0.2) is 0 Å². The van der Waals surface area contributed by atoms with E-state index in [9.17, 15) is 0 Å². The molecule has 0 atom stereocenters. The molecule has 1 heteroatoms. The van der Waals surface area contributed by atoms with Crippen molar-refractivity contribution in [1.29, 1.82) is 0 Å². The second-order valence-electron chi connectivity index (χ2n) is 4.14. The van der Waals surface area contributed by atoms with Crippen molar-refractivity contribution in [2.45, 2.75) is 26.3 Å². The van der Waals surface area contributed by atoms with Crippen LogP contribution in [0.5, 0.6) is 0 Å². The lowest BCUT2D eigenvalue weighted by Gasteiger charge is -2.18. The fourth-order valence-corrected chi connectivity index (χ4v) is 0.952. The van der Waals surface area contributed by atoms with Gasteiger partial charge in [0.2, 0.25) is 0 Å². The average molecular weight is 175 g/mol. The summed E-state index contributed by atoms with van der Waals surface area (Å²) in [4.78, 5) is 0. The molecule has 1 N–H and O–H groups in total. The first-order valence-electron chi connectivity index (χ1n) is 4.57. The van der Waals surface area contributed by atoms with E-state index in [1.165, 1.54) is 5.56 Å². The maximum Gasteiger partial charge on any atom is 0.0283 e. The molecule has 0 saturated carbocycles. The lowest BCUT2D eigenvalue weighted by molar-refractivity contribution is 0.492. The summed E-state index contributed by atoms with van der Waals surface area (Å²) >= 11 is 0. The van der Waals surface area contributed by atoms with Crippen molar-refractivity contribution in [1.82, 2.24) is 5.32 Å². The Labute approximate surface area is 80.5 Å². The minimum absolute atomic E-state index is 0.144. The molecule has 1 aromatic rings. The van der Waals surface area contributed by atoms with Gasteiger partial charge in [0, 0.05) is 5.54 Å². The number of hydrogen-bond acceptors (Lipinski definition) is 1. The van der Waals surface area contributed by atoms with Crippen molar-refractivity contribution in [3.05, 3.63) is 42.1 Å². The summed E-state index contributed by atoms with van der Waals surface area (Å²) in [5, 5.41) is 3.29. The zero-order valence-corrected chi connectivity index (χ0v) is 8.54. The smallest absolute Gasteiger partial charge is 0.0283 e. The van der Waals surface area contributed by atoms with Crippen LogP contribution in [0.15, 0.2) is 36.5 Å². The monoisotopic (exact) mass is 175 g/mol. The van der Waals surface area contributed by atoms with Crippen LogP contribution in [0.25, 0.3) is 6.08 Å². The molecule has 0 aromatic heterocycles. The van der Waals surface area contributed by atoms with Gasteiger partial charge in [0.05, 0.1) is 0 Å². The summed E-state index contributed by atoms with van der Waals surface area (Å²) in [5.74, 6) is 0. The van der Waals surface area contributed by atoms with Crippen LogP contribution in [-0.2, 0) is 0 Å². The average Bonchev–Trinajstić information content (AvgIpc) is 2.04. The van der Waals surface area contributed by atoms with Gasteiger partial charge in [-0.2, -0.15) is 0 Å². The summed E-state index contributed by atoms with van der Waals surface area (Å²) in [6.07, 6.45) is 4.07. The van der Waals surface area contributed by atoms with Gasteiger partial charge < -0.3 is 5.32 Å². The van der Waals surface area contributed by atoms with E-state index in [-0.39, 0.29) is 5.54 Å². The normalized spacial score (nSPS) is 11.9. The highest BCUT2D eigenvalue weighted by Gasteiger charge is 2.03. The molecular formula is C12H17N. The van der Waals surface area contributed by atoms with E-state index >= 15 is 0 Å². The van der Waals surface area contributed by atoms with Crippen LogP contribution in [0.1, 0.15) is 26.3 Å². The first-order valence-corrected chi connectivity index (χ1v) is 4.57. The Hall–Kier alpha value is -1.24. The summed E-state index contributed by atoms with van der Waals surface area (Å²) < 4.78 is 0. The molecule has 0 radical (unpaired) electrons. The van der Waals surface area contributed by atoms with Crippen LogP contribution >= 0.6 is 0 Å². The molecule has 0 bridgehead atoms. The predicted molar refractivity (Wildman–Crippen MR) is 58.4 cm³/mol. The summed E-state index contributed by atoms with van der Waals surface area (Å²) in [7, 11) is 0. The molecular weight excluding hydrogens is 158 g/mol. The van der Waals surface area contributed by atoms with Crippen molar-refractivity contribution < 1.29 is 0 Å². The van der Waals surface area contributed by atoms with Gasteiger partial charge in [0.25, 0.3) is 0 Å². The summed E-state index contributed by atoms with van der Waals surface area (Å²) in [6.45, 7) is 6.42. The molecule has 0 spiro atoms. The van der Waals surface area contributed by atoms with Crippen molar-refractivity contribution in [2.24, 2.45) is 0 Å². The minimum Gasteiger partial charge on any atom is -0.386 e. The predicted octanol–water partition coefficient (Wildman–Crippen LogP) is 3.05. The Bertz CT molecular complexity index is 267. The van der Waals surface area contributed by atoms with Crippen LogP contribution in [-0.4, -0.2) is 5.54 Å². The van der Waals surface area contributed by atoms with Crippen molar-refractivity contribution in [2.75, 3.05) is 0 Å². The second kappa shape index (κ2) is 4.13. The van der Waals surface area contributed by atoms with Crippen LogP contribution in [0, 0.1) is 0 Å². The fraction of sp³-hybridized carbons (Fsp3) is 0.333. The van der Waals surface area contributed by atoms with Gasteiger partial charge in [0.1, 0.15) is 0 Å². The zero-order chi connectivity index (χ0) is 9.73. The van der Waals surface area contributed by atoms with Gasteiger partial charge in [-0.15, -0.1) is 0 Å². The number of benzene rings is 1. The molecule has 13 heavy (non-hydrogen) atoms. The molecule has 1 nitrogen and oxygen atoms in total. The van der Waals surface area contributed by atoms with Crippen LogP contribution in [0.3, 0.4) is 0 Å². The summed E-state index contributed by atoms with van der Waals surface area (Å²) in [6, 6.07) is 10.3. The van der Waals surface area contributed by atoms with Crippen LogP contribution in [0.4, 0.5) is 0 Å². The molecule has 0 heterocycles. The largest absolute Gasteiger partial charge is 0.386 e. The summed E-state index contributed by atoms with van der Waals surface area (Å²) in [5.41, 5.74) is 1.37. The van der Waals surface area contributed by atoms with Crippen molar-refractivity contribution in [3.63, 3.8) is 0 Å². The van der Waals surface area contributed by atoms with E-state index in [0.29, 0.717) is 0 Å². The minimum atomic E-state index is 0.144. The van der Waals surface area contributed by atoms with Gasteiger partial charge in [-0.3, -0.25) is 0 Å². The van der Waals surface area contributed by atoms with E-state index in [2.05, 4.69) is 44.3 Å². The fourth-order valence-electron chi connectivity index (χ4n) is 0.952. The molecule has 0 aliphatic carbocycles. The SMILES string of the molecule is CC(C)(C)N/C=C/c1ccccc1. The number of hydrogen-bond donors (Lipinski definition) is 1. The Morgan fingerprint density at radius 3 is 2.23 bits per heavy atom. The first-order chi connectivity index (χ1) is 6.08. The molecule has 0 aliphatic heterocycles. The highest BCUT2D eigenvalue weighted by Crippen LogP contribution is 2.02. The highest BCUT2D eigenvalue weighted by atomic mass is 14.9. The molecule has 0 saturated heterocycles. The van der Waals surface area contributed by atoms with E-state index in [1.807, 2.05) is 24.4 Å². The van der Waals surface area contributed by atoms with E-state index in [4.69, 9.17) is 0 Å². The van der Waals surface area contributed by atoms with Crippen LogP contribution < -0.4 is 5.32 Å². The lowest BCUT2D eigenvalue weighted by Crippen LogP contribution is -2.30. The number of rotatable bonds is 2. The van der Waals surface area contributed by atoms with E-state index in [0.717, 1.165) is 0 Å². The third kappa shape index (κ3) is 4.36. The zero-order valence-electron chi connectivity index (χ0n) is 8.54. The third-order valence-corrected chi connectivity index (χ3v) is 1.59. The Balaban J connectivity index is 2.51. The Morgan fingerprint density at radius 2 is 1.69 bits per heavy atom.